The van der Waals surface area contributed by atoms with Crippen LogP contribution in [-0.4, -0.2) is 23.3 Å². The summed E-state index contributed by atoms with van der Waals surface area (Å²) in [6.45, 7) is 2.25. The van der Waals surface area contributed by atoms with Crippen molar-refractivity contribution >= 4 is 28.3 Å². The number of aromatic nitrogens is 1. The van der Waals surface area contributed by atoms with Gasteiger partial charge in [-0.25, -0.2) is 4.98 Å². The molecule has 6 heteroatoms. The van der Waals surface area contributed by atoms with E-state index in [0.29, 0.717) is 18.1 Å². The summed E-state index contributed by atoms with van der Waals surface area (Å²) in [5, 5.41) is 6.03. The van der Waals surface area contributed by atoms with E-state index < -0.39 is 0 Å². The fourth-order valence-corrected chi connectivity index (χ4v) is 2.43. The van der Waals surface area contributed by atoms with Gasteiger partial charge in [-0.2, -0.15) is 0 Å². The number of benzene rings is 1. The molecule has 2 amide bonds. The number of carbonyl (C=O) groups is 2. The van der Waals surface area contributed by atoms with Gasteiger partial charge >= 0.3 is 0 Å². The molecule has 0 radical (unpaired) electrons. The molecule has 110 valence electrons. The molecule has 0 aliphatic rings. The average molecular weight is 303 g/mol. The number of carbonyl (C=O) groups excluding carboxylic acids is 2. The van der Waals surface area contributed by atoms with Crippen molar-refractivity contribution < 1.29 is 9.59 Å². The van der Waals surface area contributed by atoms with Crippen LogP contribution in [0.1, 0.15) is 16.9 Å². The maximum atomic E-state index is 11.7. The number of rotatable bonds is 6. The van der Waals surface area contributed by atoms with Crippen molar-refractivity contribution in [1.29, 1.82) is 0 Å². The lowest BCUT2D eigenvalue weighted by atomic mass is 10.1. The minimum Gasteiger partial charge on any atom is -0.355 e. The number of nitrogens with one attached hydrogen (secondary N) is 2. The second-order valence-corrected chi connectivity index (χ2v) is 5.82. The number of anilines is 1. The molecule has 21 heavy (non-hydrogen) atoms. The van der Waals surface area contributed by atoms with Crippen LogP contribution < -0.4 is 10.6 Å². The van der Waals surface area contributed by atoms with Gasteiger partial charge in [0.05, 0.1) is 6.42 Å². The van der Waals surface area contributed by atoms with Crippen molar-refractivity contribution in [2.24, 2.45) is 0 Å². The predicted molar refractivity (Wildman–Crippen MR) is 83.3 cm³/mol. The van der Waals surface area contributed by atoms with Crippen LogP contribution in [-0.2, 0) is 16.0 Å². The molecule has 2 aromatic rings. The van der Waals surface area contributed by atoms with Crippen LogP contribution in [0.5, 0.6) is 0 Å². The number of hydrogen-bond acceptors (Lipinski definition) is 4. The van der Waals surface area contributed by atoms with E-state index in [2.05, 4.69) is 15.6 Å². The summed E-state index contributed by atoms with van der Waals surface area (Å²) in [6.07, 6.45) is 2.27. The van der Waals surface area contributed by atoms with E-state index in [1.165, 1.54) is 11.3 Å². The van der Waals surface area contributed by atoms with E-state index in [-0.39, 0.29) is 18.2 Å². The minimum absolute atomic E-state index is 0.0842. The summed E-state index contributed by atoms with van der Waals surface area (Å²) in [4.78, 5) is 28.5. The highest BCUT2D eigenvalue weighted by Crippen LogP contribution is 2.16. The van der Waals surface area contributed by atoms with Gasteiger partial charge in [0, 0.05) is 24.0 Å². The van der Waals surface area contributed by atoms with Gasteiger partial charge in [-0.15, -0.1) is 11.3 Å². The Morgan fingerprint density at radius 2 is 1.95 bits per heavy atom. The molecule has 2 rings (SSSR count). The first-order valence-corrected chi connectivity index (χ1v) is 7.48. The van der Waals surface area contributed by atoms with Crippen molar-refractivity contribution in [3.63, 3.8) is 0 Å². The minimum atomic E-state index is -0.149. The topological polar surface area (TPSA) is 71.1 Å². The second kappa shape index (κ2) is 7.54. The fraction of sp³-hybridized carbons (Fsp3) is 0.267. The molecule has 2 N–H and O–H groups in total. The first kappa shape index (κ1) is 15.2. The van der Waals surface area contributed by atoms with Gasteiger partial charge in [0.15, 0.2) is 5.13 Å². The molecular weight excluding hydrogens is 286 g/mol. The van der Waals surface area contributed by atoms with Crippen LogP contribution in [0, 0.1) is 6.92 Å². The summed E-state index contributed by atoms with van der Waals surface area (Å²) in [5.74, 6) is -0.233. The molecule has 0 spiro atoms. The summed E-state index contributed by atoms with van der Waals surface area (Å²) < 4.78 is 0. The molecule has 0 aliphatic carbocycles. The maximum absolute atomic E-state index is 11.7. The van der Waals surface area contributed by atoms with Gasteiger partial charge in [0.1, 0.15) is 0 Å². The Hall–Kier alpha value is -2.21. The van der Waals surface area contributed by atoms with Gasteiger partial charge in [-0.1, -0.05) is 30.3 Å². The van der Waals surface area contributed by atoms with Gasteiger partial charge in [-0.3, -0.25) is 9.59 Å². The van der Waals surface area contributed by atoms with Crippen molar-refractivity contribution in [2.75, 3.05) is 11.9 Å². The Labute approximate surface area is 127 Å². The smallest absolute Gasteiger partial charge is 0.227 e. The largest absolute Gasteiger partial charge is 0.355 e. The molecule has 5 nitrogen and oxygen atoms in total. The third-order valence-electron chi connectivity index (χ3n) is 2.75. The summed E-state index contributed by atoms with van der Waals surface area (Å²) in [5.41, 5.74) is 0.956. The lowest BCUT2D eigenvalue weighted by Crippen LogP contribution is -2.28. The first-order chi connectivity index (χ1) is 10.1. The predicted octanol–water partition coefficient (Wildman–Crippen LogP) is 2.14. The molecule has 1 aromatic heterocycles. The highest BCUT2D eigenvalue weighted by atomic mass is 32.1. The third-order valence-corrected chi connectivity index (χ3v) is 3.58. The number of hydrogen-bond donors (Lipinski definition) is 2. The van der Waals surface area contributed by atoms with Crippen LogP contribution in [0.15, 0.2) is 36.5 Å². The lowest BCUT2D eigenvalue weighted by Gasteiger charge is -2.05. The molecule has 0 atom stereocenters. The standard InChI is InChI=1S/C15H17N3O2S/c1-11-10-17-15(21-11)18-13(19)7-8-16-14(20)9-12-5-3-2-4-6-12/h2-6,10H,7-9H2,1H3,(H,16,20)(H,17,18,19). The SMILES string of the molecule is Cc1cnc(NC(=O)CCNC(=O)Cc2ccccc2)s1. The molecule has 0 saturated carbocycles. The lowest BCUT2D eigenvalue weighted by molar-refractivity contribution is -0.120. The zero-order valence-corrected chi connectivity index (χ0v) is 12.6. The van der Waals surface area contributed by atoms with Crippen LogP contribution >= 0.6 is 11.3 Å². The van der Waals surface area contributed by atoms with E-state index >= 15 is 0 Å². The molecular formula is C15H17N3O2S. The zero-order valence-electron chi connectivity index (χ0n) is 11.8. The molecule has 0 aliphatic heterocycles. The van der Waals surface area contributed by atoms with E-state index in [0.717, 1.165) is 10.4 Å². The number of amides is 2. The van der Waals surface area contributed by atoms with Crippen LogP contribution in [0.3, 0.4) is 0 Å². The van der Waals surface area contributed by atoms with Crippen molar-refractivity contribution in [3.8, 4) is 0 Å². The highest BCUT2D eigenvalue weighted by Gasteiger charge is 2.07. The molecule has 1 heterocycles. The zero-order chi connectivity index (χ0) is 15.1. The van der Waals surface area contributed by atoms with E-state index in [9.17, 15) is 9.59 Å². The average Bonchev–Trinajstić information content (AvgIpc) is 2.85. The summed E-state index contributed by atoms with van der Waals surface area (Å²) in [6, 6.07) is 9.50. The highest BCUT2D eigenvalue weighted by molar-refractivity contribution is 7.15. The molecule has 0 fully saturated rings. The Morgan fingerprint density at radius 3 is 2.62 bits per heavy atom. The van der Waals surface area contributed by atoms with Gasteiger partial charge in [0.25, 0.3) is 0 Å². The summed E-state index contributed by atoms with van der Waals surface area (Å²) in [7, 11) is 0. The Bertz CT molecular complexity index is 610. The van der Waals surface area contributed by atoms with E-state index in [4.69, 9.17) is 0 Å². The molecule has 0 bridgehead atoms. The van der Waals surface area contributed by atoms with Crippen LogP contribution in [0.4, 0.5) is 5.13 Å². The Kier molecular flexibility index (Phi) is 5.45. The van der Waals surface area contributed by atoms with Crippen LogP contribution in [0.25, 0.3) is 0 Å². The number of thiazole rings is 1. The molecule has 1 aromatic carbocycles. The molecule has 0 unspecified atom stereocenters. The second-order valence-electron chi connectivity index (χ2n) is 4.59. The van der Waals surface area contributed by atoms with E-state index in [1.807, 2.05) is 37.3 Å². The van der Waals surface area contributed by atoms with Crippen molar-refractivity contribution in [2.45, 2.75) is 19.8 Å². The number of aryl methyl sites for hydroxylation is 1. The van der Waals surface area contributed by atoms with Gasteiger partial charge < -0.3 is 10.6 Å². The van der Waals surface area contributed by atoms with Crippen molar-refractivity contribution in [3.05, 3.63) is 47.0 Å². The monoisotopic (exact) mass is 303 g/mol. The third kappa shape index (κ3) is 5.35. The molecule has 0 saturated heterocycles. The Balaban J connectivity index is 1.67. The number of nitrogens with zero attached hydrogens (tertiary/aromatic N) is 1. The normalized spacial score (nSPS) is 10.1. The maximum Gasteiger partial charge on any atom is 0.227 e. The quantitative estimate of drug-likeness (QED) is 0.859. The Morgan fingerprint density at radius 1 is 1.19 bits per heavy atom. The van der Waals surface area contributed by atoms with Crippen molar-refractivity contribution in [1.82, 2.24) is 10.3 Å². The van der Waals surface area contributed by atoms with Gasteiger partial charge in [0.2, 0.25) is 11.8 Å². The first-order valence-electron chi connectivity index (χ1n) is 6.66. The van der Waals surface area contributed by atoms with Gasteiger partial charge in [-0.05, 0) is 12.5 Å². The van der Waals surface area contributed by atoms with E-state index in [1.54, 1.807) is 6.20 Å². The fourth-order valence-electron chi connectivity index (χ4n) is 1.75. The van der Waals surface area contributed by atoms with Crippen LogP contribution in [0.2, 0.25) is 0 Å². The summed E-state index contributed by atoms with van der Waals surface area (Å²) >= 11 is 1.43.